The molecule has 4 atom stereocenters. The highest BCUT2D eigenvalue weighted by Gasteiger charge is 2.41. The van der Waals surface area contributed by atoms with Gasteiger partial charge in [0.25, 0.3) is 0 Å². The Bertz CT molecular complexity index is 1120. The van der Waals surface area contributed by atoms with Crippen LogP contribution in [-0.2, 0) is 9.84 Å². The van der Waals surface area contributed by atoms with Crippen molar-refractivity contribution in [1.29, 1.82) is 0 Å². The van der Waals surface area contributed by atoms with Crippen LogP contribution < -0.4 is 11.1 Å². The number of anilines is 2. The van der Waals surface area contributed by atoms with E-state index < -0.39 is 34.0 Å². The molecule has 0 spiro atoms. The number of hydrogen-bond donors (Lipinski definition) is 5. The third-order valence-corrected chi connectivity index (χ3v) is 6.28. The summed E-state index contributed by atoms with van der Waals surface area (Å²) in [5.41, 5.74) is 6.11. The monoisotopic (exact) mass is 452 g/mol. The molecule has 0 amide bonds. The van der Waals surface area contributed by atoms with E-state index in [0.717, 1.165) is 6.26 Å². The fourth-order valence-electron chi connectivity index (χ4n) is 3.31. The van der Waals surface area contributed by atoms with Gasteiger partial charge in [-0.25, -0.2) is 8.42 Å². The fraction of sp³-hybridized carbons (Fsp3) is 0.368. The number of nitrogens with zero attached hydrogens (tertiary/aromatic N) is 2. The number of aliphatic hydroxyl groups is 3. The van der Waals surface area contributed by atoms with Crippen LogP contribution in [0, 0.1) is 17.8 Å². The van der Waals surface area contributed by atoms with Crippen LogP contribution in [0.3, 0.4) is 0 Å². The van der Waals surface area contributed by atoms with Gasteiger partial charge in [0.2, 0.25) is 5.95 Å². The first-order valence-corrected chi connectivity index (χ1v) is 11.3. The number of halogens is 1. The molecule has 1 aliphatic rings. The molecule has 0 saturated heterocycles. The van der Waals surface area contributed by atoms with Gasteiger partial charge >= 0.3 is 0 Å². The van der Waals surface area contributed by atoms with E-state index in [1.165, 1.54) is 6.07 Å². The minimum absolute atomic E-state index is 0.0546. The Labute approximate surface area is 178 Å². The first kappa shape index (κ1) is 22.3. The second-order valence-electron chi connectivity index (χ2n) is 7.02. The quantitative estimate of drug-likeness (QED) is 0.318. The largest absolute Gasteiger partial charge is 0.396 e. The molecule has 9 nitrogen and oxygen atoms in total. The van der Waals surface area contributed by atoms with Crippen LogP contribution in [-0.4, -0.2) is 64.8 Å². The average Bonchev–Trinajstić information content (AvgIpc) is 2.94. The number of nitrogens with one attached hydrogen (secondary N) is 1. The van der Waals surface area contributed by atoms with E-state index in [0.29, 0.717) is 0 Å². The van der Waals surface area contributed by atoms with Crippen molar-refractivity contribution in [1.82, 2.24) is 9.97 Å². The van der Waals surface area contributed by atoms with Crippen molar-refractivity contribution >= 4 is 33.2 Å². The Hall–Kier alpha value is -2.42. The normalized spacial score (nSPS) is 23.6. The molecule has 11 heteroatoms. The van der Waals surface area contributed by atoms with Gasteiger partial charge in [-0.2, -0.15) is 9.97 Å². The van der Waals surface area contributed by atoms with Gasteiger partial charge in [-0.1, -0.05) is 35.6 Å². The number of rotatable bonds is 4. The zero-order valence-corrected chi connectivity index (χ0v) is 17.5. The summed E-state index contributed by atoms with van der Waals surface area (Å²) in [6.45, 7) is -0.280. The summed E-state index contributed by atoms with van der Waals surface area (Å²) in [5.74, 6) is 5.06. The SMILES string of the molecule is CS(=O)(=O)c1ccccc1C#Cc1c(Cl)nc(N)nc1N[C@@H]1C[C@H](CO)[C@@H](O)[C@H]1O. The third kappa shape index (κ3) is 4.66. The van der Waals surface area contributed by atoms with E-state index in [4.69, 9.17) is 17.3 Å². The molecule has 1 heterocycles. The predicted molar refractivity (Wildman–Crippen MR) is 112 cm³/mol. The summed E-state index contributed by atoms with van der Waals surface area (Å²) in [6.07, 6.45) is -0.879. The van der Waals surface area contributed by atoms with E-state index in [1.807, 2.05) is 0 Å². The Kier molecular flexibility index (Phi) is 6.50. The fourth-order valence-corrected chi connectivity index (χ4v) is 4.38. The van der Waals surface area contributed by atoms with E-state index >= 15 is 0 Å². The average molecular weight is 453 g/mol. The Morgan fingerprint density at radius 1 is 1.23 bits per heavy atom. The number of benzene rings is 1. The van der Waals surface area contributed by atoms with Gasteiger partial charge in [-0.3, -0.25) is 0 Å². The zero-order valence-electron chi connectivity index (χ0n) is 15.9. The predicted octanol–water partition coefficient (Wildman–Crippen LogP) is 0.0300. The lowest BCUT2D eigenvalue weighted by Gasteiger charge is -2.19. The van der Waals surface area contributed by atoms with Crippen molar-refractivity contribution in [3.63, 3.8) is 0 Å². The second kappa shape index (κ2) is 8.75. The van der Waals surface area contributed by atoms with Gasteiger partial charge in [0.05, 0.1) is 17.0 Å². The molecular weight excluding hydrogens is 432 g/mol. The van der Waals surface area contributed by atoms with Crippen LogP contribution in [0.2, 0.25) is 5.15 Å². The Morgan fingerprint density at radius 2 is 1.93 bits per heavy atom. The van der Waals surface area contributed by atoms with Crippen LogP contribution >= 0.6 is 11.6 Å². The summed E-state index contributed by atoms with van der Waals surface area (Å²) in [5, 5.41) is 32.5. The molecule has 3 rings (SSSR count). The van der Waals surface area contributed by atoms with Gasteiger partial charge in [-0.05, 0) is 18.6 Å². The summed E-state index contributed by atoms with van der Waals surface area (Å²) >= 11 is 6.19. The van der Waals surface area contributed by atoms with Crippen molar-refractivity contribution in [2.45, 2.75) is 29.6 Å². The summed E-state index contributed by atoms with van der Waals surface area (Å²) in [4.78, 5) is 8.03. The van der Waals surface area contributed by atoms with Gasteiger partial charge in [0.1, 0.15) is 17.5 Å². The number of sulfone groups is 1. The van der Waals surface area contributed by atoms with E-state index in [2.05, 4.69) is 27.1 Å². The molecule has 30 heavy (non-hydrogen) atoms. The maximum atomic E-state index is 12.0. The zero-order chi connectivity index (χ0) is 22.1. The summed E-state index contributed by atoms with van der Waals surface area (Å²) in [7, 11) is -3.49. The molecule has 1 fully saturated rings. The minimum atomic E-state index is -3.49. The van der Waals surface area contributed by atoms with E-state index in [-0.39, 0.29) is 46.0 Å². The molecule has 160 valence electrons. The summed E-state index contributed by atoms with van der Waals surface area (Å²) < 4.78 is 24.0. The molecule has 6 N–H and O–H groups in total. The van der Waals surface area contributed by atoms with Crippen LogP contribution in [0.5, 0.6) is 0 Å². The molecule has 2 aromatic rings. The second-order valence-corrected chi connectivity index (χ2v) is 9.37. The first-order valence-electron chi connectivity index (χ1n) is 8.99. The van der Waals surface area contributed by atoms with Crippen molar-refractivity contribution in [3.8, 4) is 11.8 Å². The number of aliphatic hydroxyl groups excluding tert-OH is 3. The summed E-state index contributed by atoms with van der Waals surface area (Å²) in [6, 6.07) is 5.63. The van der Waals surface area contributed by atoms with E-state index in [1.54, 1.807) is 18.2 Å². The lowest BCUT2D eigenvalue weighted by molar-refractivity contribution is 0.00445. The van der Waals surface area contributed by atoms with Crippen molar-refractivity contribution in [2.24, 2.45) is 5.92 Å². The molecule has 0 bridgehead atoms. The van der Waals surface area contributed by atoms with Crippen molar-refractivity contribution in [2.75, 3.05) is 23.9 Å². The maximum Gasteiger partial charge on any atom is 0.223 e. The van der Waals surface area contributed by atoms with Crippen LogP contribution in [0.1, 0.15) is 17.5 Å². The van der Waals surface area contributed by atoms with E-state index in [9.17, 15) is 23.7 Å². The number of aromatic nitrogens is 2. The number of nitrogens with two attached hydrogens (primary N) is 1. The van der Waals surface area contributed by atoms with Crippen LogP contribution in [0.15, 0.2) is 29.2 Å². The Morgan fingerprint density at radius 3 is 2.57 bits per heavy atom. The van der Waals surface area contributed by atoms with Crippen LogP contribution in [0.4, 0.5) is 11.8 Å². The Balaban J connectivity index is 2.00. The molecule has 0 unspecified atom stereocenters. The topological polar surface area (TPSA) is 159 Å². The molecule has 1 aromatic heterocycles. The standard InChI is InChI=1S/C19H21ClN4O5S/c1-30(28,29)14-5-3-2-4-10(14)6-7-12-17(20)23-19(21)24-18(12)22-13-8-11(9-25)15(26)16(13)27/h2-5,11,13,15-16,25-27H,8-9H2,1H3,(H3,21,22,23,24)/t11-,13-,15-,16+/m1/s1. The molecular formula is C19H21ClN4O5S. The van der Waals surface area contributed by atoms with Gasteiger partial charge < -0.3 is 26.4 Å². The van der Waals surface area contributed by atoms with Crippen molar-refractivity contribution < 1.29 is 23.7 Å². The molecule has 0 aliphatic heterocycles. The molecule has 1 aromatic carbocycles. The number of hydrogen-bond acceptors (Lipinski definition) is 9. The highest BCUT2D eigenvalue weighted by atomic mass is 35.5. The molecule has 1 saturated carbocycles. The van der Waals surface area contributed by atoms with Gasteiger partial charge in [-0.15, -0.1) is 0 Å². The van der Waals surface area contributed by atoms with Crippen molar-refractivity contribution in [3.05, 3.63) is 40.5 Å². The highest BCUT2D eigenvalue weighted by molar-refractivity contribution is 7.90. The lowest BCUT2D eigenvalue weighted by Crippen LogP contribution is -2.35. The minimum Gasteiger partial charge on any atom is -0.396 e. The third-order valence-electron chi connectivity index (χ3n) is 4.85. The lowest BCUT2D eigenvalue weighted by atomic mass is 10.1. The first-order chi connectivity index (χ1) is 14.1. The molecule has 1 aliphatic carbocycles. The van der Waals surface area contributed by atoms with Gasteiger partial charge in [0, 0.05) is 24.3 Å². The highest BCUT2D eigenvalue weighted by Crippen LogP contribution is 2.30. The van der Waals surface area contributed by atoms with Gasteiger partial charge in [0.15, 0.2) is 15.0 Å². The molecule has 0 radical (unpaired) electrons. The van der Waals surface area contributed by atoms with Crippen LogP contribution in [0.25, 0.3) is 0 Å². The smallest absolute Gasteiger partial charge is 0.223 e. The number of nitrogen functional groups attached to an aromatic ring is 1. The maximum absolute atomic E-state index is 12.0.